The van der Waals surface area contributed by atoms with Gasteiger partial charge in [0.25, 0.3) is 0 Å². The summed E-state index contributed by atoms with van der Waals surface area (Å²) in [5.74, 6) is 4.09. The molecular formula is C24H33ClNO2S2. The Balaban J connectivity index is 0.00000320. The molecule has 6 heteroatoms. The Morgan fingerprint density at radius 1 is 1.00 bits per heavy atom. The van der Waals surface area contributed by atoms with E-state index in [-0.39, 0.29) is 16.5 Å². The zero-order chi connectivity index (χ0) is 20.5. The van der Waals surface area contributed by atoms with Crippen LogP contribution in [0.2, 0.25) is 0 Å². The third kappa shape index (κ3) is 6.74. The topological polar surface area (TPSA) is 21.7 Å². The second kappa shape index (κ2) is 12.7. The van der Waals surface area contributed by atoms with Gasteiger partial charge >= 0.3 is 0 Å². The Labute approximate surface area is 196 Å². The zero-order valence-electron chi connectivity index (χ0n) is 18.1. The molecule has 0 saturated carbocycles. The monoisotopic (exact) mass is 466 g/mol. The van der Waals surface area contributed by atoms with Gasteiger partial charge in [-0.2, -0.15) is 0 Å². The number of ether oxygens (including phenoxy) is 2. The quantitative estimate of drug-likeness (QED) is 0.432. The van der Waals surface area contributed by atoms with Crippen LogP contribution in [-0.4, -0.2) is 50.8 Å². The molecule has 3 nitrogen and oxygen atoms in total. The average molecular weight is 467 g/mol. The van der Waals surface area contributed by atoms with E-state index in [1.54, 1.807) is 14.2 Å². The van der Waals surface area contributed by atoms with Crippen LogP contribution in [-0.2, 0) is 10.5 Å². The minimum absolute atomic E-state index is 0. The molecule has 1 radical (unpaired) electrons. The summed E-state index contributed by atoms with van der Waals surface area (Å²) in [6.07, 6.45) is 5.88. The van der Waals surface area contributed by atoms with Gasteiger partial charge in [-0.05, 0) is 67.5 Å². The highest BCUT2D eigenvalue weighted by molar-refractivity contribution is 8.18. The maximum absolute atomic E-state index is 5.42. The number of hydrogen-bond acceptors (Lipinski definition) is 5. The highest BCUT2D eigenvalue weighted by Crippen LogP contribution is 2.53. The van der Waals surface area contributed by atoms with Crippen molar-refractivity contribution in [3.63, 3.8) is 0 Å². The lowest BCUT2D eigenvalue weighted by Gasteiger charge is -2.37. The standard InChI is InChI=1S/C24H32NO2S2.ClH/c1-25(16-13-20-11-12-22(26-2)23(19-20)27-3)15-7-14-24(28-17-8-18-29-24)21-9-5-4-6-10-21;/h4-7,9-12,19H,8,13-18H2,1-3H3;1H. The normalized spacial score (nSPS) is 15.5. The van der Waals surface area contributed by atoms with Crippen molar-refractivity contribution in [1.29, 1.82) is 0 Å². The predicted octanol–water partition coefficient (Wildman–Crippen LogP) is 5.92. The fraction of sp³-hybridized carbons (Fsp3) is 0.458. The van der Waals surface area contributed by atoms with E-state index >= 15 is 0 Å². The van der Waals surface area contributed by atoms with E-state index in [0.29, 0.717) is 0 Å². The molecule has 0 spiro atoms. The van der Waals surface area contributed by atoms with Crippen LogP contribution in [0, 0.1) is 6.42 Å². The summed E-state index contributed by atoms with van der Waals surface area (Å²) in [5.41, 5.74) is 2.73. The molecule has 0 amide bonds. The summed E-state index contributed by atoms with van der Waals surface area (Å²) < 4.78 is 10.9. The molecule has 0 bridgehead atoms. The number of benzene rings is 2. The van der Waals surface area contributed by atoms with Gasteiger partial charge < -0.3 is 14.4 Å². The average Bonchev–Trinajstić information content (AvgIpc) is 2.78. The van der Waals surface area contributed by atoms with E-state index in [1.807, 2.05) is 6.07 Å². The Hall–Kier alpha value is -1.01. The van der Waals surface area contributed by atoms with Gasteiger partial charge in [-0.25, -0.2) is 0 Å². The summed E-state index contributed by atoms with van der Waals surface area (Å²) in [5, 5.41) is 0. The molecule has 0 aromatic heterocycles. The van der Waals surface area contributed by atoms with Crippen LogP contribution in [0.4, 0.5) is 0 Å². The molecule has 3 rings (SSSR count). The molecule has 0 unspecified atom stereocenters. The van der Waals surface area contributed by atoms with Gasteiger partial charge in [0, 0.05) is 13.1 Å². The highest BCUT2D eigenvalue weighted by atomic mass is 35.5. The van der Waals surface area contributed by atoms with Gasteiger partial charge in [0.15, 0.2) is 11.5 Å². The fourth-order valence-electron chi connectivity index (χ4n) is 3.59. The Morgan fingerprint density at radius 2 is 1.70 bits per heavy atom. The lowest BCUT2D eigenvalue weighted by molar-refractivity contribution is 0.351. The van der Waals surface area contributed by atoms with Crippen LogP contribution in [0.5, 0.6) is 11.5 Å². The molecule has 2 aromatic carbocycles. The lowest BCUT2D eigenvalue weighted by Crippen LogP contribution is -2.27. The van der Waals surface area contributed by atoms with E-state index in [1.165, 1.54) is 29.1 Å². The maximum atomic E-state index is 5.42. The van der Waals surface area contributed by atoms with Crippen LogP contribution >= 0.6 is 35.9 Å². The lowest BCUT2D eigenvalue weighted by atomic mass is 10.1. The van der Waals surface area contributed by atoms with E-state index in [4.69, 9.17) is 9.47 Å². The SMILES string of the molecule is COc1ccc(CCN(C)C[CH]CC2(c3ccccc3)SCCCS2)cc1OC.Cl. The Kier molecular flexibility index (Phi) is 10.7. The smallest absolute Gasteiger partial charge is 0.160 e. The summed E-state index contributed by atoms with van der Waals surface area (Å²) in [6, 6.07) is 17.2. The van der Waals surface area contributed by atoms with E-state index in [9.17, 15) is 0 Å². The van der Waals surface area contributed by atoms with Gasteiger partial charge in [0.05, 0.1) is 18.3 Å². The van der Waals surface area contributed by atoms with Gasteiger partial charge in [-0.3, -0.25) is 0 Å². The van der Waals surface area contributed by atoms with Gasteiger partial charge in [-0.1, -0.05) is 36.4 Å². The van der Waals surface area contributed by atoms with Gasteiger partial charge in [-0.15, -0.1) is 35.9 Å². The highest BCUT2D eigenvalue weighted by Gasteiger charge is 2.35. The van der Waals surface area contributed by atoms with Crippen LogP contribution < -0.4 is 9.47 Å². The molecule has 0 N–H and O–H groups in total. The number of nitrogens with zero attached hydrogens (tertiary/aromatic N) is 1. The minimum Gasteiger partial charge on any atom is -0.493 e. The molecule has 0 atom stereocenters. The van der Waals surface area contributed by atoms with Crippen molar-refractivity contribution in [2.45, 2.75) is 23.3 Å². The third-order valence-electron chi connectivity index (χ3n) is 5.26. The molecule has 30 heavy (non-hydrogen) atoms. The van der Waals surface area contributed by atoms with E-state index in [0.717, 1.165) is 37.4 Å². The first-order valence-corrected chi connectivity index (χ1v) is 12.2. The molecule has 165 valence electrons. The fourth-order valence-corrected chi connectivity index (χ4v) is 6.92. The van der Waals surface area contributed by atoms with E-state index < -0.39 is 0 Å². The third-order valence-corrected chi connectivity index (χ3v) is 8.69. The summed E-state index contributed by atoms with van der Waals surface area (Å²) in [4.78, 5) is 2.40. The number of halogens is 1. The second-order valence-corrected chi connectivity index (χ2v) is 10.4. The Morgan fingerprint density at radius 3 is 2.37 bits per heavy atom. The molecule has 1 heterocycles. The number of methoxy groups -OCH3 is 2. The number of rotatable bonds is 10. The van der Waals surface area contributed by atoms with Crippen molar-refractivity contribution in [2.24, 2.45) is 0 Å². The van der Waals surface area contributed by atoms with Crippen LogP contribution in [0.3, 0.4) is 0 Å². The van der Waals surface area contributed by atoms with Crippen molar-refractivity contribution >= 4 is 35.9 Å². The first-order chi connectivity index (χ1) is 14.2. The minimum atomic E-state index is 0. The Bertz CT molecular complexity index is 754. The molecular weight excluding hydrogens is 434 g/mol. The second-order valence-electron chi connectivity index (χ2n) is 7.36. The van der Waals surface area contributed by atoms with Crippen molar-refractivity contribution in [1.82, 2.24) is 4.90 Å². The predicted molar refractivity (Wildman–Crippen MR) is 135 cm³/mol. The first kappa shape index (κ1) is 25.3. The summed E-state index contributed by atoms with van der Waals surface area (Å²) in [7, 11) is 5.56. The molecule has 1 aliphatic heterocycles. The first-order valence-electron chi connectivity index (χ1n) is 10.2. The summed E-state index contributed by atoms with van der Waals surface area (Å²) in [6.45, 7) is 2.02. The molecule has 2 aromatic rings. The molecule has 1 saturated heterocycles. The molecule has 1 aliphatic rings. The van der Waals surface area contributed by atoms with Crippen molar-refractivity contribution in [2.75, 3.05) is 45.9 Å². The van der Waals surface area contributed by atoms with Crippen molar-refractivity contribution < 1.29 is 9.47 Å². The number of hydrogen-bond donors (Lipinski definition) is 0. The van der Waals surface area contributed by atoms with Crippen molar-refractivity contribution in [3.8, 4) is 11.5 Å². The van der Waals surface area contributed by atoms with Crippen LogP contribution in [0.15, 0.2) is 48.5 Å². The van der Waals surface area contributed by atoms with Gasteiger partial charge in [0.2, 0.25) is 0 Å². The van der Waals surface area contributed by atoms with E-state index in [2.05, 4.69) is 84.4 Å². The molecule has 1 fully saturated rings. The number of likely N-dealkylation sites (N-methyl/N-ethyl adjacent to an activating group) is 1. The zero-order valence-corrected chi connectivity index (χ0v) is 20.6. The summed E-state index contributed by atoms with van der Waals surface area (Å²) >= 11 is 4.24. The maximum Gasteiger partial charge on any atom is 0.160 e. The van der Waals surface area contributed by atoms with Crippen LogP contribution in [0.25, 0.3) is 0 Å². The van der Waals surface area contributed by atoms with Crippen LogP contribution in [0.1, 0.15) is 24.0 Å². The van der Waals surface area contributed by atoms with Crippen molar-refractivity contribution in [3.05, 3.63) is 66.1 Å². The molecule has 0 aliphatic carbocycles. The largest absolute Gasteiger partial charge is 0.493 e. The van der Waals surface area contributed by atoms with Gasteiger partial charge in [0.1, 0.15) is 0 Å². The number of thioether (sulfide) groups is 2.